The quantitative estimate of drug-likeness (QED) is 0.423. The molecule has 0 bridgehead atoms. The van der Waals surface area contributed by atoms with Gasteiger partial charge in [-0.25, -0.2) is 4.98 Å². The molecule has 4 heteroatoms. The summed E-state index contributed by atoms with van der Waals surface area (Å²) in [7, 11) is 0. The fourth-order valence-electron chi connectivity index (χ4n) is 4.35. The Morgan fingerprint density at radius 1 is 0.931 bits per heavy atom. The molecule has 152 valence electrons. The van der Waals surface area contributed by atoms with Crippen molar-refractivity contribution in [3.8, 4) is 0 Å². The Morgan fingerprint density at radius 2 is 1.69 bits per heavy atom. The lowest BCUT2D eigenvalue weighted by Crippen LogP contribution is -2.02. The molecule has 0 amide bonds. The van der Waals surface area contributed by atoms with E-state index in [2.05, 4.69) is 81.0 Å². The molecule has 0 saturated carbocycles. The first kappa shape index (κ1) is 19.7. The van der Waals surface area contributed by atoms with Gasteiger partial charge in [0.2, 0.25) is 0 Å². The molecule has 4 aromatic rings. The van der Waals surface area contributed by atoms with Crippen molar-refractivity contribution in [1.82, 2.24) is 20.2 Å². The van der Waals surface area contributed by atoms with Gasteiger partial charge in [-0.3, -0.25) is 5.10 Å². The summed E-state index contributed by atoms with van der Waals surface area (Å²) >= 11 is 0. The molecular formula is C25H32N4. The molecule has 0 spiro atoms. The van der Waals surface area contributed by atoms with Crippen molar-refractivity contribution in [3.05, 3.63) is 58.0 Å². The molecule has 0 radical (unpaired) electrons. The number of fused-ring (bicyclic) bond motifs is 2. The van der Waals surface area contributed by atoms with Gasteiger partial charge in [0, 0.05) is 34.3 Å². The number of pyridine rings is 1. The summed E-state index contributed by atoms with van der Waals surface area (Å²) in [6, 6.07) is 8.89. The maximum absolute atomic E-state index is 4.87. The van der Waals surface area contributed by atoms with E-state index in [1.807, 2.05) is 0 Å². The topological polar surface area (TPSA) is 57.4 Å². The standard InChI is InChI=1S/C25H32N4/c1-14(2)9-20-16(5)21-13-19(27-25(21)26-17(20)6)11-18-7-8-23-22(12-18)24(29-28-23)10-15(3)4/h7-8,12-15H,9-11H2,1-6H3,(H,26,27)(H,28,29). The number of nitrogens with zero attached hydrogens (tertiary/aromatic N) is 2. The molecule has 0 unspecified atom stereocenters. The zero-order chi connectivity index (χ0) is 20.7. The summed E-state index contributed by atoms with van der Waals surface area (Å²) in [5.41, 5.74) is 9.72. The SMILES string of the molecule is Cc1nc2[nH]c(Cc3ccc4n[nH]c(CC(C)C)c4c3)cc2c(C)c1CC(C)C. The van der Waals surface area contributed by atoms with E-state index in [9.17, 15) is 0 Å². The second-order valence-electron chi connectivity index (χ2n) is 9.28. The lowest BCUT2D eigenvalue weighted by atomic mass is 9.96. The van der Waals surface area contributed by atoms with Crippen LogP contribution in [0.5, 0.6) is 0 Å². The average molecular weight is 389 g/mol. The van der Waals surface area contributed by atoms with Gasteiger partial charge in [-0.1, -0.05) is 33.8 Å². The highest BCUT2D eigenvalue weighted by Gasteiger charge is 2.14. The Bertz CT molecular complexity index is 1160. The molecule has 4 rings (SSSR count). The van der Waals surface area contributed by atoms with Crippen LogP contribution in [0.4, 0.5) is 0 Å². The summed E-state index contributed by atoms with van der Waals surface area (Å²) < 4.78 is 0. The number of hydrogen-bond acceptors (Lipinski definition) is 2. The van der Waals surface area contributed by atoms with Gasteiger partial charge in [-0.15, -0.1) is 0 Å². The van der Waals surface area contributed by atoms with Crippen LogP contribution in [0, 0.1) is 25.7 Å². The van der Waals surface area contributed by atoms with Gasteiger partial charge in [-0.05, 0) is 73.4 Å². The molecule has 2 N–H and O–H groups in total. The van der Waals surface area contributed by atoms with Crippen molar-refractivity contribution in [3.63, 3.8) is 0 Å². The molecule has 0 fully saturated rings. The second kappa shape index (κ2) is 7.66. The monoisotopic (exact) mass is 388 g/mol. The zero-order valence-corrected chi connectivity index (χ0v) is 18.5. The van der Waals surface area contributed by atoms with Crippen LogP contribution in [0.15, 0.2) is 24.3 Å². The molecule has 0 saturated heterocycles. The molecule has 0 aliphatic rings. The number of aromatic amines is 2. The predicted octanol–water partition coefficient (Wildman–Crippen LogP) is 6.04. The highest BCUT2D eigenvalue weighted by Crippen LogP contribution is 2.27. The number of nitrogens with one attached hydrogen (secondary N) is 2. The molecule has 0 atom stereocenters. The van der Waals surface area contributed by atoms with Gasteiger partial charge < -0.3 is 4.98 Å². The van der Waals surface area contributed by atoms with Gasteiger partial charge in [0.25, 0.3) is 0 Å². The van der Waals surface area contributed by atoms with E-state index in [1.54, 1.807) is 0 Å². The van der Waals surface area contributed by atoms with Gasteiger partial charge in [0.1, 0.15) is 5.65 Å². The van der Waals surface area contributed by atoms with Crippen LogP contribution in [-0.2, 0) is 19.3 Å². The van der Waals surface area contributed by atoms with Crippen LogP contribution < -0.4 is 0 Å². The predicted molar refractivity (Wildman–Crippen MR) is 122 cm³/mol. The van der Waals surface area contributed by atoms with E-state index in [0.29, 0.717) is 11.8 Å². The number of aromatic nitrogens is 4. The normalized spacial score (nSPS) is 12.1. The third-order valence-corrected chi connectivity index (χ3v) is 5.74. The Morgan fingerprint density at radius 3 is 2.41 bits per heavy atom. The molecule has 3 heterocycles. The molecule has 0 aliphatic carbocycles. The van der Waals surface area contributed by atoms with Crippen LogP contribution in [0.25, 0.3) is 21.9 Å². The number of rotatable bonds is 6. The van der Waals surface area contributed by atoms with E-state index in [-0.39, 0.29) is 0 Å². The van der Waals surface area contributed by atoms with Crippen molar-refractivity contribution in [2.75, 3.05) is 0 Å². The van der Waals surface area contributed by atoms with E-state index in [0.717, 1.165) is 36.1 Å². The molecular weight excluding hydrogens is 356 g/mol. The smallest absolute Gasteiger partial charge is 0.138 e. The Kier molecular flexibility index (Phi) is 5.20. The molecule has 29 heavy (non-hydrogen) atoms. The third kappa shape index (κ3) is 3.93. The number of H-pyrrole nitrogens is 2. The number of aryl methyl sites for hydroxylation is 2. The van der Waals surface area contributed by atoms with Crippen molar-refractivity contribution in [2.24, 2.45) is 11.8 Å². The van der Waals surface area contributed by atoms with Crippen molar-refractivity contribution in [2.45, 2.75) is 60.8 Å². The van der Waals surface area contributed by atoms with Crippen molar-refractivity contribution in [1.29, 1.82) is 0 Å². The van der Waals surface area contributed by atoms with Crippen molar-refractivity contribution < 1.29 is 0 Å². The van der Waals surface area contributed by atoms with Crippen LogP contribution in [0.3, 0.4) is 0 Å². The lowest BCUT2D eigenvalue weighted by molar-refractivity contribution is 0.636. The van der Waals surface area contributed by atoms with Gasteiger partial charge in [0.15, 0.2) is 0 Å². The second-order valence-corrected chi connectivity index (χ2v) is 9.28. The highest BCUT2D eigenvalue weighted by atomic mass is 15.1. The van der Waals surface area contributed by atoms with Gasteiger partial charge >= 0.3 is 0 Å². The van der Waals surface area contributed by atoms with Gasteiger partial charge in [-0.2, -0.15) is 5.10 Å². The first-order chi connectivity index (χ1) is 13.8. The van der Waals surface area contributed by atoms with E-state index in [1.165, 1.54) is 38.9 Å². The van der Waals surface area contributed by atoms with Crippen LogP contribution in [0.1, 0.15) is 61.5 Å². The van der Waals surface area contributed by atoms with Crippen LogP contribution in [0.2, 0.25) is 0 Å². The van der Waals surface area contributed by atoms with E-state index in [4.69, 9.17) is 4.98 Å². The van der Waals surface area contributed by atoms with E-state index >= 15 is 0 Å². The van der Waals surface area contributed by atoms with Crippen LogP contribution >= 0.6 is 0 Å². The van der Waals surface area contributed by atoms with Gasteiger partial charge in [0.05, 0.1) is 5.52 Å². The zero-order valence-electron chi connectivity index (χ0n) is 18.5. The Labute approximate surface area is 173 Å². The number of benzene rings is 1. The summed E-state index contributed by atoms with van der Waals surface area (Å²) in [5.74, 6) is 1.24. The summed E-state index contributed by atoms with van der Waals surface area (Å²) in [6.45, 7) is 13.4. The molecule has 3 aromatic heterocycles. The number of hydrogen-bond donors (Lipinski definition) is 2. The first-order valence-corrected chi connectivity index (χ1v) is 10.7. The molecule has 4 nitrogen and oxygen atoms in total. The fraction of sp³-hybridized carbons (Fsp3) is 0.440. The minimum absolute atomic E-state index is 0.605. The Balaban J connectivity index is 1.68. The molecule has 0 aliphatic heterocycles. The van der Waals surface area contributed by atoms with E-state index < -0.39 is 0 Å². The highest BCUT2D eigenvalue weighted by molar-refractivity contribution is 5.83. The maximum Gasteiger partial charge on any atom is 0.138 e. The maximum atomic E-state index is 4.87. The molecule has 1 aromatic carbocycles. The summed E-state index contributed by atoms with van der Waals surface area (Å²) in [5, 5.41) is 10.2. The average Bonchev–Trinajstić information content (AvgIpc) is 3.22. The van der Waals surface area contributed by atoms with Crippen LogP contribution in [-0.4, -0.2) is 20.2 Å². The lowest BCUT2D eigenvalue weighted by Gasteiger charge is -2.12. The summed E-state index contributed by atoms with van der Waals surface area (Å²) in [6.07, 6.45) is 2.97. The first-order valence-electron chi connectivity index (χ1n) is 10.7. The Hall–Kier alpha value is -2.62. The fourth-order valence-corrected chi connectivity index (χ4v) is 4.35. The van der Waals surface area contributed by atoms with Crippen molar-refractivity contribution >= 4 is 21.9 Å². The largest absolute Gasteiger partial charge is 0.343 e. The minimum atomic E-state index is 0.605. The minimum Gasteiger partial charge on any atom is -0.343 e. The third-order valence-electron chi connectivity index (χ3n) is 5.74. The summed E-state index contributed by atoms with van der Waals surface area (Å²) in [4.78, 5) is 8.43.